The molecule has 1 atom stereocenters. The van der Waals surface area contributed by atoms with Crippen LogP contribution in [0.2, 0.25) is 5.02 Å². The number of benzene rings is 1. The van der Waals surface area contributed by atoms with Gasteiger partial charge >= 0.3 is 6.03 Å². The first-order valence-electron chi connectivity index (χ1n) is 5.65. The summed E-state index contributed by atoms with van der Waals surface area (Å²) in [7, 11) is 0. The van der Waals surface area contributed by atoms with Gasteiger partial charge in [0.15, 0.2) is 0 Å². The average Bonchev–Trinajstić information content (AvgIpc) is 2.29. The molecule has 0 saturated carbocycles. The lowest BCUT2D eigenvalue weighted by Gasteiger charge is -2.30. The van der Waals surface area contributed by atoms with Crippen molar-refractivity contribution >= 4 is 23.3 Å². The molecule has 1 aliphatic rings. The van der Waals surface area contributed by atoms with Crippen molar-refractivity contribution < 1.29 is 9.90 Å². The van der Waals surface area contributed by atoms with E-state index in [4.69, 9.17) is 11.6 Å². The van der Waals surface area contributed by atoms with Gasteiger partial charge in [0.25, 0.3) is 0 Å². The fourth-order valence-corrected chi connectivity index (χ4v) is 2.10. The Bertz CT molecular complexity index is 411. The van der Waals surface area contributed by atoms with E-state index in [0.29, 0.717) is 23.8 Å². The Morgan fingerprint density at radius 1 is 1.53 bits per heavy atom. The lowest BCUT2D eigenvalue weighted by molar-refractivity contribution is 0.0883. The number of hydrogen-bond donors (Lipinski definition) is 2. The smallest absolute Gasteiger partial charge is 0.321 e. The number of nitrogens with one attached hydrogen (secondary N) is 1. The second-order valence-corrected chi connectivity index (χ2v) is 4.62. The van der Waals surface area contributed by atoms with Crippen molar-refractivity contribution in [2.45, 2.75) is 18.9 Å². The van der Waals surface area contributed by atoms with Gasteiger partial charge in [0.2, 0.25) is 0 Å². The monoisotopic (exact) mass is 254 g/mol. The van der Waals surface area contributed by atoms with Crippen LogP contribution in [-0.4, -0.2) is 35.2 Å². The van der Waals surface area contributed by atoms with Crippen LogP contribution in [0, 0.1) is 0 Å². The largest absolute Gasteiger partial charge is 0.391 e. The van der Waals surface area contributed by atoms with Crippen LogP contribution in [-0.2, 0) is 0 Å². The molecule has 0 radical (unpaired) electrons. The molecule has 4 nitrogen and oxygen atoms in total. The molecule has 1 aromatic carbocycles. The zero-order valence-electron chi connectivity index (χ0n) is 9.40. The number of nitrogens with zero attached hydrogens (tertiary/aromatic N) is 1. The summed E-state index contributed by atoms with van der Waals surface area (Å²) in [4.78, 5) is 13.5. The Labute approximate surface area is 105 Å². The molecule has 5 heteroatoms. The van der Waals surface area contributed by atoms with Crippen molar-refractivity contribution in [2.75, 3.05) is 18.4 Å². The number of aliphatic hydroxyl groups excluding tert-OH is 1. The van der Waals surface area contributed by atoms with E-state index in [1.807, 2.05) is 0 Å². The highest BCUT2D eigenvalue weighted by Gasteiger charge is 2.21. The summed E-state index contributed by atoms with van der Waals surface area (Å²) in [5, 5.41) is 12.8. The topological polar surface area (TPSA) is 52.6 Å². The van der Waals surface area contributed by atoms with Gasteiger partial charge in [-0.3, -0.25) is 0 Å². The van der Waals surface area contributed by atoms with Gasteiger partial charge < -0.3 is 15.3 Å². The molecule has 1 fully saturated rings. The predicted molar refractivity (Wildman–Crippen MR) is 67.3 cm³/mol. The molecule has 0 bridgehead atoms. The van der Waals surface area contributed by atoms with Crippen molar-refractivity contribution in [1.29, 1.82) is 0 Å². The number of amides is 2. The summed E-state index contributed by atoms with van der Waals surface area (Å²) < 4.78 is 0. The lowest BCUT2D eigenvalue weighted by atomic mass is 10.1. The number of β-amino-alcohol motifs (C(OH)–C–C–N with tert-alkyl or cyclic N) is 1. The van der Waals surface area contributed by atoms with Crippen LogP contribution in [0.15, 0.2) is 24.3 Å². The van der Waals surface area contributed by atoms with E-state index < -0.39 is 6.10 Å². The molecule has 92 valence electrons. The fraction of sp³-hybridized carbons (Fsp3) is 0.417. The van der Waals surface area contributed by atoms with Crippen molar-refractivity contribution in [3.8, 4) is 0 Å². The third-order valence-electron chi connectivity index (χ3n) is 2.76. The van der Waals surface area contributed by atoms with Gasteiger partial charge in [-0.15, -0.1) is 0 Å². The standard InChI is InChI=1S/C12H15ClN2O2/c13-9-3-1-4-10(7-9)14-12(17)15-6-2-5-11(16)8-15/h1,3-4,7,11,16H,2,5-6,8H2,(H,14,17). The zero-order valence-corrected chi connectivity index (χ0v) is 10.2. The fourth-order valence-electron chi connectivity index (χ4n) is 1.91. The number of piperidine rings is 1. The van der Waals surface area contributed by atoms with E-state index in [1.54, 1.807) is 29.2 Å². The number of carbonyl (C=O) groups excluding carboxylic acids is 1. The van der Waals surface area contributed by atoms with Gasteiger partial charge in [-0.05, 0) is 31.0 Å². The number of anilines is 1. The molecule has 2 N–H and O–H groups in total. The number of carbonyl (C=O) groups is 1. The van der Waals surface area contributed by atoms with Crippen LogP contribution < -0.4 is 5.32 Å². The molecule has 0 aliphatic carbocycles. The minimum Gasteiger partial charge on any atom is -0.391 e. The summed E-state index contributed by atoms with van der Waals surface area (Å²) in [6.45, 7) is 1.08. The van der Waals surface area contributed by atoms with Crippen LogP contribution in [0.4, 0.5) is 10.5 Å². The highest BCUT2D eigenvalue weighted by molar-refractivity contribution is 6.30. The summed E-state index contributed by atoms with van der Waals surface area (Å²) in [6, 6.07) is 6.82. The number of likely N-dealkylation sites (tertiary alicyclic amines) is 1. The number of aliphatic hydroxyl groups is 1. The molecule has 1 saturated heterocycles. The van der Waals surface area contributed by atoms with Gasteiger partial charge in [-0.25, -0.2) is 4.79 Å². The molecule has 1 heterocycles. The summed E-state index contributed by atoms with van der Waals surface area (Å²) in [5.74, 6) is 0. The Balaban J connectivity index is 1.96. The summed E-state index contributed by atoms with van der Waals surface area (Å²) in [6.07, 6.45) is 1.19. The third-order valence-corrected chi connectivity index (χ3v) is 2.99. The van der Waals surface area contributed by atoms with Gasteiger partial charge in [-0.1, -0.05) is 17.7 Å². The van der Waals surface area contributed by atoms with Crippen LogP contribution >= 0.6 is 11.6 Å². The molecule has 2 rings (SSSR count). The number of rotatable bonds is 1. The highest BCUT2D eigenvalue weighted by atomic mass is 35.5. The summed E-state index contributed by atoms with van der Waals surface area (Å²) in [5.41, 5.74) is 0.669. The molecule has 1 unspecified atom stereocenters. The first-order valence-corrected chi connectivity index (χ1v) is 6.02. The SMILES string of the molecule is O=C(Nc1cccc(Cl)c1)N1CCCC(O)C1. The van der Waals surface area contributed by atoms with Gasteiger partial charge in [0.05, 0.1) is 6.10 Å². The maximum atomic E-state index is 11.9. The van der Waals surface area contributed by atoms with E-state index in [9.17, 15) is 9.90 Å². The van der Waals surface area contributed by atoms with Gasteiger partial charge in [0.1, 0.15) is 0 Å². The first kappa shape index (κ1) is 12.2. The highest BCUT2D eigenvalue weighted by Crippen LogP contribution is 2.16. The maximum Gasteiger partial charge on any atom is 0.321 e. The van der Waals surface area contributed by atoms with Crippen molar-refractivity contribution in [3.63, 3.8) is 0 Å². The van der Waals surface area contributed by atoms with Crippen molar-refractivity contribution in [2.24, 2.45) is 0 Å². The first-order chi connectivity index (χ1) is 8.15. The van der Waals surface area contributed by atoms with E-state index in [-0.39, 0.29) is 6.03 Å². The van der Waals surface area contributed by atoms with E-state index in [2.05, 4.69) is 5.32 Å². The Morgan fingerprint density at radius 3 is 3.06 bits per heavy atom. The molecular weight excluding hydrogens is 240 g/mol. The molecule has 17 heavy (non-hydrogen) atoms. The van der Waals surface area contributed by atoms with Gasteiger partial charge in [0, 0.05) is 23.8 Å². The van der Waals surface area contributed by atoms with Crippen LogP contribution in [0.3, 0.4) is 0 Å². The second kappa shape index (κ2) is 5.38. The maximum absolute atomic E-state index is 11.9. The molecule has 0 aromatic heterocycles. The molecule has 1 aliphatic heterocycles. The van der Waals surface area contributed by atoms with E-state index in [0.717, 1.165) is 12.8 Å². The Hall–Kier alpha value is -1.26. The van der Waals surface area contributed by atoms with E-state index >= 15 is 0 Å². The number of hydrogen-bond acceptors (Lipinski definition) is 2. The van der Waals surface area contributed by atoms with Gasteiger partial charge in [-0.2, -0.15) is 0 Å². The Morgan fingerprint density at radius 2 is 2.35 bits per heavy atom. The van der Waals surface area contributed by atoms with Crippen molar-refractivity contribution in [1.82, 2.24) is 4.90 Å². The molecule has 2 amide bonds. The predicted octanol–water partition coefficient (Wildman–Crippen LogP) is 2.33. The van der Waals surface area contributed by atoms with E-state index in [1.165, 1.54) is 0 Å². The van der Waals surface area contributed by atoms with Crippen molar-refractivity contribution in [3.05, 3.63) is 29.3 Å². The van der Waals surface area contributed by atoms with Crippen LogP contribution in [0.5, 0.6) is 0 Å². The lowest BCUT2D eigenvalue weighted by Crippen LogP contribution is -2.44. The minimum absolute atomic E-state index is 0.189. The quantitative estimate of drug-likeness (QED) is 0.808. The third kappa shape index (κ3) is 3.35. The molecule has 0 spiro atoms. The minimum atomic E-state index is -0.408. The second-order valence-electron chi connectivity index (χ2n) is 4.18. The normalized spacial score (nSPS) is 20.1. The summed E-state index contributed by atoms with van der Waals surface area (Å²) >= 11 is 5.83. The zero-order chi connectivity index (χ0) is 12.3. The van der Waals surface area contributed by atoms with Crippen LogP contribution in [0.1, 0.15) is 12.8 Å². The number of urea groups is 1. The van der Waals surface area contributed by atoms with Crippen LogP contribution in [0.25, 0.3) is 0 Å². The number of halogens is 1. The molecular formula is C12H15ClN2O2. The average molecular weight is 255 g/mol. The Kier molecular flexibility index (Phi) is 3.86. The molecule has 1 aromatic rings.